The Morgan fingerprint density at radius 1 is 0.900 bits per heavy atom. The number of carbonyl (C=O) groups excluding carboxylic acids is 2. The topological polar surface area (TPSA) is 58.2 Å². The van der Waals surface area contributed by atoms with Crippen molar-refractivity contribution in [3.8, 4) is 0 Å². The number of hydrogen-bond acceptors (Lipinski definition) is 3. The van der Waals surface area contributed by atoms with Crippen LogP contribution in [0.5, 0.6) is 0 Å². The highest BCUT2D eigenvalue weighted by atomic mass is 35.5. The monoisotopic (exact) mass is 478 g/mol. The van der Waals surface area contributed by atoms with Gasteiger partial charge in [0.1, 0.15) is 0 Å². The van der Waals surface area contributed by atoms with Gasteiger partial charge in [0.2, 0.25) is 5.91 Å². The standard InChI is InChI=1S/C22H17Cl3N2O2S/c1-13(21(28)27-19-10-4-9-18(24)20(19)25)30-17-8-3-7-16(12-17)26-22(29)14-5-2-6-15(23)11-14/h2-13H,1H3,(H,26,29)(H,27,28). The molecule has 2 N–H and O–H groups in total. The molecule has 0 aliphatic heterocycles. The normalized spacial score (nSPS) is 11.6. The zero-order valence-electron chi connectivity index (χ0n) is 15.8. The second kappa shape index (κ2) is 10.2. The third kappa shape index (κ3) is 5.92. The van der Waals surface area contributed by atoms with E-state index in [1.54, 1.807) is 55.5 Å². The Morgan fingerprint density at radius 2 is 1.63 bits per heavy atom. The number of anilines is 2. The number of halogens is 3. The van der Waals surface area contributed by atoms with Crippen LogP contribution in [0.2, 0.25) is 15.1 Å². The predicted octanol–water partition coefficient (Wildman–Crippen LogP) is 7.02. The van der Waals surface area contributed by atoms with E-state index in [1.807, 2.05) is 18.2 Å². The first-order valence-electron chi connectivity index (χ1n) is 8.92. The zero-order chi connectivity index (χ0) is 21.7. The number of carbonyl (C=O) groups is 2. The van der Waals surface area contributed by atoms with Crippen molar-refractivity contribution in [2.75, 3.05) is 10.6 Å². The molecule has 1 atom stereocenters. The van der Waals surface area contributed by atoms with Gasteiger partial charge in [-0.2, -0.15) is 0 Å². The summed E-state index contributed by atoms with van der Waals surface area (Å²) in [5.41, 5.74) is 1.55. The van der Waals surface area contributed by atoms with Crippen molar-refractivity contribution in [2.45, 2.75) is 17.1 Å². The summed E-state index contributed by atoms with van der Waals surface area (Å²) in [6.45, 7) is 1.79. The number of hydrogen-bond donors (Lipinski definition) is 2. The van der Waals surface area contributed by atoms with Crippen LogP contribution in [0.4, 0.5) is 11.4 Å². The van der Waals surface area contributed by atoms with E-state index in [9.17, 15) is 9.59 Å². The average molecular weight is 480 g/mol. The average Bonchev–Trinajstić information content (AvgIpc) is 2.71. The molecule has 30 heavy (non-hydrogen) atoms. The van der Waals surface area contributed by atoms with Crippen LogP contribution < -0.4 is 10.6 Å². The smallest absolute Gasteiger partial charge is 0.255 e. The molecule has 0 aliphatic rings. The van der Waals surface area contributed by atoms with Crippen LogP contribution >= 0.6 is 46.6 Å². The lowest BCUT2D eigenvalue weighted by Crippen LogP contribution is -2.22. The molecule has 0 fully saturated rings. The second-order valence-electron chi connectivity index (χ2n) is 6.34. The van der Waals surface area contributed by atoms with E-state index in [4.69, 9.17) is 34.8 Å². The number of thioether (sulfide) groups is 1. The van der Waals surface area contributed by atoms with Crippen LogP contribution in [0, 0.1) is 0 Å². The minimum atomic E-state index is -0.404. The molecule has 0 heterocycles. The molecule has 0 bridgehead atoms. The maximum absolute atomic E-state index is 12.5. The minimum Gasteiger partial charge on any atom is -0.324 e. The number of benzene rings is 3. The van der Waals surface area contributed by atoms with Gasteiger partial charge in [0.05, 0.1) is 21.0 Å². The van der Waals surface area contributed by atoms with Crippen molar-refractivity contribution in [1.82, 2.24) is 0 Å². The Kier molecular flexibility index (Phi) is 7.67. The van der Waals surface area contributed by atoms with Crippen molar-refractivity contribution in [2.24, 2.45) is 0 Å². The first-order valence-corrected chi connectivity index (χ1v) is 10.9. The molecule has 0 aliphatic carbocycles. The lowest BCUT2D eigenvalue weighted by atomic mass is 10.2. The highest BCUT2D eigenvalue weighted by Gasteiger charge is 2.17. The molecule has 4 nitrogen and oxygen atoms in total. The van der Waals surface area contributed by atoms with Crippen LogP contribution in [0.3, 0.4) is 0 Å². The van der Waals surface area contributed by atoms with Crippen LogP contribution in [-0.2, 0) is 4.79 Å². The van der Waals surface area contributed by atoms with E-state index in [0.29, 0.717) is 32.0 Å². The Morgan fingerprint density at radius 3 is 2.40 bits per heavy atom. The highest BCUT2D eigenvalue weighted by Crippen LogP contribution is 2.31. The summed E-state index contributed by atoms with van der Waals surface area (Å²) in [5, 5.41) is 6.39. The van der Waals surface area contributed by atoms with E-state index in [0.717, 1.165) is 4.90 Å². The van der Waals surface area contributed by atoms with Gasteiger partial charge in [-0.05, 0) is 55.5 Å². The summed E-state index contributed by atoms with van der Waals surface area (Å²) in [6, 6.07) is 19.0. The van der Waals surface area contributed by atoms with Gasteiger partial charge in [-0.25, -0.2) is 0 Å². The van der Waals surface area contributed by atoms with Crippen molar-refractivity contribution in [1.29, 1.82) is 0 Å². The fraction of sp³-hybridized carbons (Fsp3) is 0.0909. The van der Waals surface area contributed by atoms with Crippen LogP contribution in [-0.4, -0.2) is 17.1 Å². The van der Waals surface area contributed by atoms with Crippen LogP contribution in [0.15, 0.2) is 71.6 Å². The molecule has 8 heteroatoms. The largest absolute Gasteiger partial charge is 0.324 e. The Balaban J connectivity index is 1.64. The van der Waals surface area contributed by atoms with Crippen molar-refractivity contribution in [3.05, 3.63) is 87.4 Å². The maximum atomic E-state index is 12.5. The van der Waals surface area contributed by atoms with Gasteiger partial charge in [-0.15, -0.1) is 11.8 Å². The molecule has 1 unspecified atom stereocenters. The molecular formula is C22H17Cl3N2O2S. The number of rotatable bonds is 6. The third-order valence-electron chi connectivity index (χ3n) is 4.07. The van der Waals surface area contributed by atoms with Gasteiger partial charge in [0.15, 0.2) is 0 Å². The van der Waals surface area contributed by atoms with E-state index in [2.05, 4.69) is 10.6 Å². The van der Waals surface area contributed by atoms with Crippen LogP contribution in [0.1, 0.15) is 17.3 Å². The fourth-order valence-corrected chi connectivity index (χ4v) is 4.04. The molecule has 3 aromatic rings. The van der Waals surface area contributed by atoms with E-state index < -0.39 is 5.25 Å². The zero-order valence-corrected chi connectivity index (χ0v) is 18.9. The lowest BCUT2D eigenvalue weighted by Gasteiger charge is -2.14. The molecule has 3 aromatic carbocycles. The SMILES string of the molecule is CC(Sc1cccc(NC(=O)c2cccc(Cl)c2)c1)C(=O)Nc1cccc(Cl)c1Cl. The number of nitrogens with one attached hydrogen (secondary N) is 2. The van der Waals surface area contributed by atoms with Crippen molar-refractivity contribution < 1.29 is 9.59 Å². The van der Waals surface area contributed by atoms with Crippen LogP contribution in [0.25, 0.3) is 0 Å². The molecule has 154 valence electrons. The summed E-state index contributed by atoms with van der Waals surface area (Å²) in [4.78, 5) is 25.8. The molecule has 3 rings (SSSR count). The van der Waals surface area contributed by atoms with Gasteiger partial charge in [-0.3, -0.25) is 9.59 Å². The Labute approximate surface area is 193 Å². The van der Waals surface area contributed by atoms with Gasteiger partial charge in [0.25, 0.3) is 5.91 Å². The fourth-order valence-electron chi connectivity index (χ4n) is 2.57. The molecule has 0 saturated heterocycles. The molecule has 2 amide bonds. The van der Waals surface area contributed by atoms with Gasteiger partial charge < -0.3 is 10.6 Å². The minimum absolute atomic E-state index is 0.211. The molecule has 0 aromatic heterocycles. The van der Waals surface area contributed by atoms with Crippen molar-refractivity contribution >= 4 is 69.8 Å². The summed E-state index contributed by atoms with van der Waals surface area (Å²) >= 11 is 19.4. The summed E-state index contributed by atoms with van der Waals surface area (Å²) in [5.74, 6) is -0.474. The predicted molar refractivity (Wildman–Crippen MR) is 126 cm³/mol. The third-order valence-corrected chi connectivity index (χ3v) is 6.22. The second-order valence-corrected chi connectivity index (χ2v) is 8.98. The Bertz CT molecular complexity index is 1090. The van der Waals surface area contributed by atoms with E-state index in [1.165, 1.54) is 11.8 Å². The molecule has 0 spiro atoms. The quantitative estimate of drug-likeness (QED) is 0.374. The van der Waals surface area contributed by atoms with E-state index in [-0.39, 0.29) is 11.8 Å². The molecule has 0 saturated carbocycles. The highest BCUT2D eigenvalue weighted by molar-refractivity contribution is 8.00. The molecular weight excluding hydrogens is 463 g/mol. The summed E-state index contributed by atoms with van der Waals surface area (Å²) in [6.07, 6.45) is 0. The lowest BCUT2D eigenvalue weighted by molar-refractivity contribution is -0.115. The maximum Gasteiger partial charge on any atom is 0.255 e. The van der Waals surface area contributed by atoms with E-state index >= 15 is 0 Å². The van der Waals surface area contributed by atoms with Gasteiger partial charge in [-0.1, -0.05) is 53.0 Å². The van der Waals surface area contributed by atoms with Gasteiger partial charge >= 0.3 is 0 Å². The first kappa shape index (κ1) is 22.5. The number of amides is 2. The van der Waals surface area contributed by atoms with Gasteiger partial charge in [0, 0.05) is 21.2 Å². The summed E-state index contributed by atoms with van der Waals surface area (Å²) in [7, 11) is 0. The molecule has 0 radical (unpaired) electrons. The van der Waals surface area contributed by atoms with Crippen molar-refractivity contribution in [3.63, 3.8) is 0 Å². The summed E-state index contributed by atoms with van der Waals surface area (Å²) < 4.78 is 0. The Hall–Kier alpha value is -2.18. The first-order chi connectivity index (χ1) is 14.3.